The van der Waals surface area contributed by atoms with Gasteiger partial charge in [0.1, 0.15) is 5.76 Å². The molecule has 0 aliphatic heterocycles. The molecular weight excluding hydrogens is 445 g/mol. The molecule has 0 amide bonds. The maximum atomic E-state index is 12.8. The number of aryl methyl sites for hydroxylation is 4. The number of hydrogen-bond acceptors (Lipinski definition) is 3. The van der Waals surface area contributed by atoms with Gasteiger partial charge >= 0.3 is 0 Å². The fourth-order valence-corrected chi connectivity index (χ4v) is 4.94. The molecule has 32 heavy (non-hydrogen) atoms. The van der Waals surface area contributed by atoms with E-state index in [0.717, 1.165) is 11.2 Å². The molecule has 0 saturated carbocycles. The van der Waals surface area contributed by atoms with Crippen LogP contribution in [0.1, 0.15) is 43.2 Å². The maximum absolute atomic E-state index is 12.8. The van der Waals surface area contributed by atoms with Gasteiger partial charge in [0, 0.05) is 35.9 Å². The molecule has 0 saturated heterocycles. The largest absolute Gasteiger partial charge is 0.455 e. The number of halogens is 2. The van der Waals surface area contributed by atoms with E-state index < -0.39 is 0 Å². The lowest BCUT2D eigenvalue weighted by molar-refractivity contribution is 0.0990. The smallest absolute Gasteiger partial charge is 0.197 e. The zero-order valence-electron chi connectivity index (χ0n) is 18.0. The van der Waals surface area contributed by atoms with Crippen LogP contribution in [-0.2, 0) is 7.05 Å². The third kappa shape index (κ3) is 3.06. The highest BCUT2D eigenvalue weighted by Crippen LogP contribution is 2.37. The van der Waals surface area contributed by atoms with Gasteiger partial charge in [0.2, 0.25) is 0 Å². The summed E-state index contributed by atoms with van der Waals surface area (Å²) in [5.41, 5.74) is 8.00. The molecule has 0 atom stereocenters. The molecule has 5 rings (SSSR count). The molecule has 1 aliphatic rings. The number of ketones is 2. The number of carbonyl (C=O) groups is 2. The van der Waals surface area contributed by atoms with Crippen molar-refractivity contribution in [2.24, 2.45) is 7.05 Å². The molecule has 4 aromatic rings. The number of nitrogens with zero attached hydrogens (tertiary/aromatic N) is 1. The van der Waals surface area contributed by atoms with Gasteiger partial charge in [-0.15, -0.1) is 0 Å². The van der Waals surface area contributed by atoms with Crippen molar-refractivity contribution in [3.63, 3.8) is 0 Å². The van der Waals surface area contributed by atoms with Crippen molar-refractivity contribution in [2.75, 3.05) is 0 Å². The Kier molecular flexibility index (Phi) is 4.70. The van der Waals surface area contributed by atoms with Gasteiger partial charge in [-0.2, -0.15) is 0 Å². The molecule has 2 aromatic heterocycles. The van der Waals surface area contributed by atoms with Gasteiger partial charge in [-0.05, 0) is 50.1 Å². The summed E-state index contributed by atoms with van der Waals surface area (Å²) >= 11 is 12.1. The number of benzene rings is 2. The van der Waals surface area contributed by atoms with Crippen molar-refractivity contribution < 1.29 is 14.0 Å². The first kappa shape index (κ1) is 20.8. The van der Waals surface area contributed by atoms with Crippen LogP contribution >= 0.6 is 23.2 Å². The Morgan fingerprint density at radius 3 is 1.94 bits per heavy atom. The first-order valence-electron chi connectivity index (χ1n) is 10.1. The molecule has 6 heteroatoms. The van der Waals surface area contributed by atoms with E-state index in [1.807, 2.05) is 19.2 Å². The van der Waals surface area contributed by atoms with E-state index >= 15 is 0 Å². The lowest BCUT2D eigenvalue weighted by Crippen LogP contribution is -2.00. The molecule has 0 bridgehead atoms. The average Bonchev–Trinajstić information content (AvgIpc) is 3.31. The molecule has 2 aromatic carbocycles. The van der Waals surface area contributed by atoms with Gasteiger partial charge in [0.15, 0.2) is 17.1 Å². The van der Waals surface area contributed by atoms with Gasteiger partial charge in [-0.3, -0.25) is 9.59 Å². The van der Waals surface area contributed by atoms with E-state index in [2.05, 4.69) is 37.5 Å². The quantitative estimate of drug-likeness (QED) is 0.234. The Labute approximate surface area is 195 Å². The molecule has 0 unspecified atom stereocenters. The van der Waals surface area contributed by atoms with E-state index in [1.165, 1.54) is 40.5 Å². The van der Waals surface area contributed by atoms with Crippen LogP contribution in [0.2, 0.25) is 10.0 Å². The monoisotopic (exact) mass is 463 g/mol. The second-order valence-electron chi connectivity index (χ2n) is 8.29. The summed E-state index contributed by atoms with van der Waals surface area (Å²) in [6, 6.07) is 11.1. The predicted octanol–water partition coefficient (Wildman–Crippen LogP) is 7.13. The minimum absolute atomic E-state index is 0.0443. The van der Waals surface area contributed by atoms with Crippen LogP contribution < -0.4 is 0 Å². The summed E-state index contributed by atoms with van der Waals surface area (Å²) in [7, 11) is 1.98. The van der Waals surface area contributed by atoms with Gasteiger partial charge in [0.05, 0.1) is 26.8 Å². The topological polar surface area (TPSA) is 52.2 Å². The molecule has 4 nitrogen and oxygen atoms in total. The Bertz CT molecular complexity index is 1450. The first-order chi connectivity index (χ1) is 15.2. The van der Waals surface area contributed by atoms with Crippen molar-refractivity contribution in [1.82, 2.24) is 4.57 Å². The van der Waals surface area contributed by atoms with Gasteiger partial charge in [-0.25, -0.2) is 0 Å². The number of furan rings is 1. The van der Waals surface area contributed by atoms with Crippen LogP contribution in [0.5, 0.6) is 0 Å². The Morgan fingerprint density at radius 1 is 0.844 bits per heavy atom. The van der Waals surface area contributed by atoms with E-state index in [4.69, 9.17) is 27.6 Å². The first-order valence-corrected chi connectivity index (χ1v) is 10.9. The molecule has 0 radical (unpaired) electrons. The summed E-state index contributed by atoms with van der Waals surface area (Å²) in [6.45, 7) is 6.30. The van der Waals surface area contributed by atoms with Gasteiger partial charge in [-0.1, -0.05) is 40.9 Å². The highest BCUT2D eigenvalue weighted by Gasteiger charge is 2.34. The minimum atomic E-state index is -0.379. The standard InChI is InChI=1S/C26H19Cl2NO3/c1-12-5-13(2)24(14(3)6-12)22-11-23-21(29(22)4)8-15(32-23)7-18-25(30)16-9-19(27)20(28)10-17(16)26(18)31/h5-11H,1-4H3. The van der Waals surface area contributed by atoms with E-state index in [9.17, 15) is 9.59 Å². The fraction of sp³-hybridized carbons (Fsp3) is 0.154. The Balaban J connectivity index is 1.57. The number of carbonyl (C=O) groups excluding carboxylic acids is 2. The number of allylic oxidation sites excluding steroid dienone is 1. The van der Waals surface area contributed by atoms with E-state index in [-0.39, 0.29) is 38.3 Å². The van der Waals surface area contributed by atoms with E-state index in [0.29, 0.717) is 11.3 Å². The lowest BCUT2D eigenvalue weighted by Gasteiger charge is -2.12. The molecular formula is C26H19Cl2NO3. The molecule has 160 valence electrons. The van der Waals surface area contributed by atoms with Crippen LogP contribution in [0.15, 0.2) is 46.4 Å². The summed E-state index contributed by atoms with van der Waals surface area (Å²) < 4.78 is 8.07. The third-order valence-corrected chi connectivity index (χ3v) is 6.73. The van der Waals surface area contributed by atoms with Crippen LogP contribution in [0, 0.1) is 20.8 Å². The molecule has 0 fully saturated rings. The van der Waals surface area contributed by atoms with Crippen LogP contribution in [-0.4, -0.2) is 16.1 Å². The van der Waals surface area contributed by atoms with Crippen LogP contribution in [0.25, 0.3) is 28.4 Å². The molecule has 0 spiro atoms. The second-order valence-corrected chi connectivity index (χ2v) is 9.10. The van der Waals surface area contributed by atoms with Crippen molar-refractivity contribution in [3.05, 3.63) is 85.6 Å². The van der Waals surface area contributed by atoms with Crippen LogP contribution in [0.4, 0.5) is 0 Å². The third-order valence-electron chi connectivity index (χ3n) is 6.01. The molecule has 0 N–H and O–H groups in total. The zero-order chi connectivity index (χ0) is 22.9. The molecule has 1 aliphatic carbocycles. The van der Waals surface area contributed by atoms with Crippen molar-refractivity contribution in [1.29, 1.82) is 0 Å². The number of Topliss-reactive ketones (excluding diaryl/α,β-unsaturated/α-hetero) is 2. The lowest BCUT2D eigenvalue weighted by atomic mass is 9.97. The van der Waals surface area contributed by atoms with Gasteiger partial charge < -0.3 is 8.98 Å². The second kappa shape index (κ2) is 7.22. The zero-order valence-corrected chi connectivity index (χ0v) is 19.5. The summed E-state index contributed by atoms with van der Waals surface area (Å²) in [6.07, 6.45) is 1.49. The maximum Gasteiger partial charge on any atom is 0.197 e. The predicted molar refractivity (Wildman–Crippen MR) is 128 cm³/mol. The van der Waals surface area contributed by atoms with Gasteiger partial charge in [0.25, 0.3) is 0 Å². The van der Waals surface area contributed by atoms with Crippen molar-refractivity contribution in [2.45, 2.75) is 20.8 Å². The number of rotatable bonds is 2. The Hall–Kier alpha value is -3.08. The summed E-state index contributed by atoms with van der Waals surface area (Å²) in [4.78, 5) is 25.6. The van der Waals surface area contributed by atoms with Crippen LogP contribution in [0.3, 0.4) is 0 Å². The summed E-state index contributed by atoms with van der Waals surface area (Å²) in [5.74, 6) is -0.317. The number of fused-ring (bicyclic) bond motifs is 2. The Morgan fingerprint density at radius 2 is 1.41 bits per heavy atom. The minimum Gasteiger partial charge on any atom is -0.455 e. The number of aromatic nitrogens is 1. The highest BCUT2D eigenvalue weighted by atomic mass is 35.5. The normalized spacial score (nSPS) is 13.4. The van der Waals surface area contributed by atoms with Crippen molar-refractivity contribution in [3.8, 4) is 11.3 Å². The highest BCUT2D eigenvalue weighted by molar-refractivity contribution is 6.46. The van der Waals surface area contributed by atoms with Crippen molar-refractivity contribution >= 4 is 51.9 Å². The summed E-state index contributed by atoms with van der Waals surface area (Å²) in [5, 5.41) is 0.483. The average molecular weight is 464 g/mol. The van der Waals surface area contributed by atoms with E-state index in [1.54, 1.807) is 0 Å². The SMILES string of the molecule is Cc1cc(C)c(-c2cc3oc(C=C4C(=O)c5cc(Cl)c(Cl)cc5C4=O)cc3n2C)c(C)c1. The fourth-order valence-electron chi connectivity index (χ4n) is 4.62. The molecule has 2 heterocycles. The number of hydrogen-bond donors (Lipinski definition) is 0.